The quantitative estimate of drug-likeness (QED) is 0.857. The lowest BCUT2D eigenvalue weighted by Gasteiger charge is -2.08. The first-order chi connectivity index (χ1) is 8.56. The molecule has 0 bridgehead atoms. The van der Waals surface area contributed by atoms with Gasteiger partial charge in [-0.2, -0.15) is 0 Å². The topological polar surface area (TPSA) is 37.8 Å². The Bertz CT molecular complexity index is 526. The minimum absolute atomic E-state index is 0.508. The molecule has 2 rings (SSSR count). The predicted molar refractivity (Wildman–Crippen MR) is 75.0 cm³/mol. The molecule has 0 saturated heterocycles. The van der Waals surface area contributed by atoms with Crippen LogP contribution in [0.2, 0.25) is 5.15 Å². The van der Waals surface area contributed by atoms with Crippen molar-refractivity contribution >= 4 is 17.5 Å². The van der Waals surface area contributed by atoms with E-state index in [1.54, 1.807) is 0 Å². The van der Waals surface area contributed by atoms with Crippen molar-refractivity contribution in [1.29, 1.82) is 0 Å². The number of aromatic nitrogens is 2. The van der Waals surface area contributed by atoms with Gasteiger partial charge in [0.15, 0.2) is 0 Å². The molecule has 18 heavy (non-hydrogen) atoms. The highest BCUT2D eigenvalue weighted by atomic mass is 35.5. The largest absolute Gasteiger partial charge is 0.350 e. The number of hydrogen-bond donors (Lipinski definition) is 1. The maximum Gasteiger partial charge on any atom is 0.224 e. The van der Waals surface area contributed by atoms with E-state index in [2.05, 4.69) is 46.5 Å². The fraction of sp³-hybridized carbons (Fsp3) is 0.286. The highest BCUT2D eigenvalue weighted by Gasteiger charge is 2.05. The predicted octanol–water partition coefficient (Wildman–Crippen LogP) is 3.67. The molecule has 4 heteroatoms. The summed E-state index contributed by atoms with van der Waals surface area (Å²) in [6.45, 7) is 6.61. The number of rotatable bonds is 3. The van der Waals surface area contributed by atoms with E-state index < -0.39 is 0 Å². The first kappa shape index (κ1) is 12.8. The van der Waals surface area contributed by atoms with Crippen LogP contribution in [-0.4, -0.2) is 9.97 Å². The van der Waals surface area contributed by atoms with Gasteiger partial charge < -0.3 is 5.32 Å². The number of anilines is 1. The Morgan fingerprint density at radius 2 is 1.72 bits per heavy atom. The average molecular weight is 262 g/mol. The van der Waals surface area contributed by atoms with Crippen LogP contribution in [0.5, 0.6) is 0 Å². The van der Waals surface area contributed by atoms with Gasteiger partial charge in [0.1, 0.15) is 5.15 Å². The third kappa shape index (κ3) is 2.99. The smallest absolute Gasteiger partial charge is 0.224 e. The van der Waals surface area contributed by atoms with Gasteiger partial charge in [-0.15, -0.1) is 0 Å². The molecule has 3 nitrogen and oxygen atoms in total. The maximum atomic E-state index is 6.03. The molecule has 0 atom stereocenters. The lowest BCUT2D eigenvalue weighted by Crippen LogP contribution is -2.05. The number of nitrogens with one attached hydrogen (secondary N) is 1. The molecular formula is C14H16ClN3. The van der Waals surface area contributed by atoms with Crippen LogP contribution < -0.4 is 5.32 Å². The Balaban J connectivity index is 2.08. The van der Waals surface area contributed by atoms with Crippen molar-refractivity contribution in [3.8, 4) is 0 Å². The number of hydrogen-bond acceptors (Lipinski definition) is 3. The Kier molecular flexibility index (Phi) is 3.82. The second-order valence-corrected chi connectivity index (χ2v) is 4.75. The minimum Gasteiger partial charge on any atom is -0.350 e. The zero-order valence-electron chi connectivity index (χ0n) is 10.8. The lowest BCUT2D eigenvalue weighted by atomic mass is 10.1. The average Bonchev–Trinajstić information content (AvgIpc) is 2.35. The molecule has 1 aromatic carbocycles. The van der Waals surface area contributed by atoms with E-state index in [0.717, 1.165) is 11.3 Å². The summed E-state index contributed by atoms with van der Waals surface area (Å²) in [4.78, 5) is 8.57. The third-order valence-electron chi connectivity index (χ3n) is 2.90. The van der Waals surface area contributed by atoms with Gasteiger partial charge in [-0.3, -0.25) is 0 Å². The van der Waals surface area contributed by atoms with Crippen molar-refractivity contribution in [1.82, 2.24) is 9.97 Å². The normalized spacial score (nSPS) is 10.4. The lowest BCUT2D eigenvalue weighted by molar-refractivity contribution is 1.01. The van der Waals surface area contributed by atoms with Gasteiger partial charge >= 0.3 is 0 Å². The minimum atomic E-state index is 0.508. The van der Waals surface area contributed by atoms with Crippen molar-refractivity contribution in [2.24, 2.45) is 0 Å². The SMILES string of the molecule is Cc1ccc(CNc2nc(C)c(C)c(Cl)n2)cc1. The third-order valence-corrected chi connectivity index (χ3v) is 3.27. The highest BCUT2D eigenvalue weighted by molar-refractivity contribution is 6.30. The van der Waals surface area contributed by atoms with Crippen LogP contribution in [0, 0.1) is 20.8 Å². The standard InChI is InChI=1S/C14H16ClN3/c1-9-4-6-12(7-5-9)8-16-14-17-11(3)10(2)13(15)18-14/h4-7H,8H2,1-3H3,(H,16,17,18). The van der Waals surface area contributed by atoms with Crippen LogP contribution in [0.4, 0.5) is 5.95 Å². The fourth-order valence-electron chi connectivity index (χ4n) is 1.56. The summed E-state index contributed by atoms with van der Waals surface area (Å²) in [5.74, 6) is 0.573. The van der Waals surface area contributed by atoms with Crippen LogP contribution in [0.25, 0.3) is 0 Å². The molecule has 0 aliphatic heterocycles. The fourth-order valence-corrected chi connectivity index (χ4v) is 1.78. The number of benzene rings is 1. The summed E-state index contributed by atoms with van der Waals surface area (Å²) >= 11 is 6.03. The van der Waals surface area contributed by atoms with Gasteiger partial charge in [0, 0.05) is 17.8 Å². The van der Waals surface area contributed by atoms with Crippen LogP contribution in [0.15, 0.2) is 24.3 Å². The summed E-state index contributed by atoms with van der Waals surface area (Å²) in [5, 5.41) is 3.69. The summed E-state index contributed by atoms with van der Waals surface area (Å²) in [5.41, 5.74) is 4.28. The van der Waals surface area contributed by atoms with Crippen LogP contribution >= 0.6 is 11.6 Å². The van der Waals surface area contributed by atoms with E-state index in [1.807, 2.05) is 13.8 Å². The monoisotopic (exact) mass is 261 g/mol. The molecule has 94 valence electrons. The number of nitrogens with zero attached hydrogens (tertiary/aromatic N) is 2. The summed E-state index contributed by atoms with van der Waals surface area (Å²) in [6, 6.07) is 8.35. The van der Waals surface area contributed by atoms with Crippen molar-refractivity contribution in [2.75, 3.05) is 5.32 Å². The van der Waals surface area contributed by atoms with E-state index in [4.69, 9.17) is 11.6 Å². The van der Waals surface area contributed by atoms with E-state index in [0.29, 0.717) is 17.6 Å². The van der Waals surface area contributed by atoms with Crippen molar-refractivity contribution in [3.63, 3.8) is 0 Å². The summed E-state index contributed by atoms with van der Waals surface area (Å²) in [6.07, 6.45) is 0. The molecule has 0 aliphatic rings. The molecule has 0 radical (unpaired) electrons. The Hall–Kier alpha value is -1.61. The second kappa shape index (κ2) is 5.36. The van der Waals surface area contributed by atoms with Gasteiger partial charge in [0.25, 0.3) is 0 Å². The molecule has 0 unspecified atom stereocenters. The number of aryl methyl sites for hydroxylation is 2. The maximum absolute atomic E-state index is 6.03. The molecular weight excluding hydrogens is 246 g/mol. The molecule has 1 N–H and O–H groups in total. The molecule has 0 fully saturated rings. The van der Waals surface area contributed by atoms with E-state index in [9.17, 15) is 0 Å². The van der Waals surface area contributed by atoms with Crippen LogP contribution in [-0.2, 0) is 6.54 Å². The molecule has 0 saturated carbocycles. The van der Waals surface area contributed by atoms with Gasteiger partial charge in [-0.05, 0) is 26.3 Å². The van der Waals surface area contributed by atoms with E-state index >= 15 is 0 Å². The molecule has 1 aromatic heterocycles. The highest BCUT2D eigenvalue weighted by Crippen LogP contribution is 2.17. The van der Waals surface area contributed by atoms with Gasteiger partial charge in [-0.25, -0.2) is 9.97 Å². The second-order valence-electron chi connectivity index (χ2n) is 4.39. The van der Waals surface area contributed by atoms with Crippen molar-refractivity contribution < 1.29 is 0 Å². The number of halogens is 1. The first-order valence-corrected chi connectivity index (χ1v) is 6.24. The van der Waals surface area contributed by atoms with Crippen LogP contribution in [0.1, 0.15) is 22.4 Å². The van der Waals surface area contributed by atoms with Gasteiger partial charge in [0.05, 0.1) is 0 Å². The molecule has 0 amide bonds. The Morgan fingerprint density at radius 1 is 1.06 bits per heavy atom. The zero-order valence-corrected chi connectivity index (χ0v) is 11.5. The Labute approximate surface area is 112 Å². The molecule has 0 spiro atoms. The van der Waals surface area contributed by atoms with E-state index in [-0.39, 0.29) is 0 Å². The summed E-state index contributed by atoms with van der Waals surface area (Å²) in [7, 11) is 0. The van der Waals surface area contributed by atoms with Gasteiger partial charge in [-0.1, -0.05) is 41.4 Å². The Morgan fingerprint density at radius 3 is 2.33 bits per heavy atom. The van der Waals surface area contributed by atoms with Crippen molar-refractivity contribution in [3.05, 3.63) is 51.8 Å². The molecule has 0 aliphatic carbocycles. The molecule has 1 heterocycles. The summed E-state index contributed by atoms with van der Waals surface area (Å²) < 4.78 is 0. The zero-order chi connectivity index (χ0) is 13.1. The first-order valence-electron chi connectivity index (χ1n) is 5.86. The molecule has 2 aromatic rings. The van der Waals surface area contributed by atoms with Crippen molar-refractivity contribution in [2.45, 2.75) is 27.3 Å². The van der Waals surface area contributed by atoms with E-state index in [1.165, 1.54) is 11.1 Å². The van der Waals surface area contributed by atoms with Crippen LogP contribution in [0.3, 0.4) is 0 Å². The van der Waals surface area contributed by atoms with Gasteiger partial charge in [0.2, 0.25) is 5.95 Å².